The maximum Gasteiger partial charge on any atom is 0.256 e. The summed E-state index contributed by atoms with van der Waals surface area (Å²) in [7, 11) is 0. The zero-order chi connectivity index (χ0) is 21.2. The number of nitrogens with one attached hydrogen (secondary N) is 1. The zero-order valence-electron chi connectivity index (χ0n) is 17.6. The van der Waals surface area contributed by atoms with Crippen LogP contribution in [0.25, 0.3) is 0 Å². The number of benzene rings is 2. The highest BCUT2D eigenvalue weighted by atomic mass is 16.5. The van der Waals surface area contributed by atoms with Gasteiger partial charge in [0.15, 0.2) is 0 Å². The predicted molar refractivity (Wildman–Crippen MR) is 117 cm³/mol. The Hall–Kier alpha value is -2.86. The van der Waals surface area contributed by atoms with Gasteiger partial charge in [-0.25, -0.2) is 0 Å². The highest BCUT2D eigenvalue weighted by Gasteiger charge is 2.21. The standard InChI is InChI=1S/C24H30N2O4/c1-2-3-4-7-16-30-20-12-10-19(11-13-20)23(27)25-22-9-6-5-8-21(22)24(28)26-14-17-29-18-15-26/h5-6,8-13H,2-4,7,14-18H2,1H3,(H,25,27). The summed E-state index contributed by atoms with van der Waals surface area (Å²) >= 11 is 0. The second-order valence-electron chi connectivity index (χ2n) is 7.34. The highest BCUT2D eigenvalue weighted by molar-refractivity contribution is 6.09. The van der Waals surface area contributed by atoms with Gasteiger partial charge < -0.3 is 19.7 Å². The van der Waals surface area contributed by atoms with Gasteiger partial charge in [0.05, 0.1) is 31.1 Å². The minimum absolute atomic E-state index is 0.0963. The number of ether oxygens (including phenoxy) is 2. The first-order valence-corrected chi connectivity index (χ1v) is 10.7. The first kappa shape index (κ1) is 21.8. The first-order chi connectivity index (χ1) is 14.7. The summed E-state index contributed by atoms with van der Waals surface area (Å²) in [4.78, 5) is 27.3. The van der Waals surface area contributed by atoms with E-state index in [0.29, 0.717) is 49.7 Å². The lowest BCUT2D eigenvalue weighted by Gasteiger charge is -2.27. The molecular formula is C24H30N2O4. The Morgan fingerprint density at radius 1 is 1.00 bits per heavy atom. The van der Waals surface area contributed by atoms with Crippen molar-refractivity contribution in [1.29, 1.82) is 0 Å². The maximum atomic E-state index is 12.9. The normalized spacial score (nSPS) is 13.7. The Morgan fingerprint density at radius 3 is 2.47 bits per heavy atom. The van der Waals surface area contributed by atoms with Crippen LogP contribution in [0.2, 0.25) is 0 Å². The summed E-state index contributed by atoms with van der Waals surface area (Å²) in [6.07, 6.45) is 4.62. The van der Waals surface area contributed by atoms with E-state index in [2.05, 4.69) is 12.2 Å². The molecule has 2 aromatic carbocycles. The number of anilines is 1. The summed E-state index contributed by atoms with van der Waals surface area (Å²) in [5.74, 6) is 0.402. The lowest BCUT2D eigenvalue weighted by Crippen LogP contribution is -2.41. The molecule has 0 aromatic heterocycles. The van der Waals surface area contributed by atoms with Gasteiger partial charge in [-0.15, -0.1) is 0 Å². The van der Waals surface area contributed by atoms with Crippen molar-refractivity contribution < 1.29 is 19.1 Å². The van der Waals surface area contributed by atoms with E-state index in [4.69, 9.17) is 9.47 Å². The molecule has 1 aliphatic rings. The van der Waals surface area contributed by atoms with Gasteiger partial charge >= 0.3 is 0 Å². The largest absolute Gasteiger partial charge is 0.494 e. The average molecular weight is 411 g/mol. The summed E-state index contributed by atoms with van der Waals surface area (Å²) < 4.78 is 11.0. The van der Waals surface area contributed by atoms with Crippen LogP contribution in [-0.2, 0) is 4.74 Å². The third kappa shape index (κ3) is 6.07. The minimum Gasteiger partial charge on any atom is -0.494 e. The van der Waals surface area contributed by atoms with E-state index in [-0.39, 0.29) is 11.8 Å². The molecule has 0 radical (unpaired) electrons. The third-order valence-electron chi connectivity index (χ3n) is 5.09. The van der Waals surface area contributed by atoms with Crippen molar-refractivity contribution in [3.05, 3.63) is 59.7 Å². The molecule has 1 N–H and O–H groups in total. The number of unbranched alkanes of at least 4 members (excludes halogenated alkanes) is 3. The van der Waals surface area contributed by atoms with E-state index in [1.54, 1.807) is 53.4 Å². The summed E-state index contributed by atoms with van der Waals surface area (Å²) in [6.45, 7) is 5.05. The number of para-hydroxylation sites is 1. The molecule has 1 heterocycles. The van der Waals surface area contributed by atoms with E-state index in [9.17, 15) is 9.59 Å². The molecule has 2 amide bonds. The summed E-state index contributed by atoms with van der Waals surface area (Å²) in [5, 5.41) is 2.87. The molecule has 160 valence electrons. The smallest absolute Gasteiger partial charge is 0.256 e. The maximum absolute atomic E-state index is 12.9. The molecule has 0 bridgehead atoms. The quantitative estimate of drug-likeness (QED) is 0.624. The Labute approximate surface area is 178 Å². The van der Waals surface area contributed by atoms with E-state index < -0.39 is 0 Å². The zero-order valence-corrected chi connectivity index (χ0v) is 17.6. The van der Waals surface area contributed by atoms with Gasteiger partial charge in [0, 0.05) is 18.7 Å². The summed E-state index contributed by atoms with van der Waals surface area (Å²) in [5.41, 5.74) is 1.51. The fourth-order valence-corrected chi connectivity index (χ4v) is 3.33. The Bertz CT molecular complexity index is 829. The molecule has 6 nitrogen and oxygen atoms in total. The molecule has 0 aliphatic carbocycles. The Kier molecular flexibility index (Phi) is 8.27. The van der Waals surface area contributed by atoms with Crippen molar-refractivity contribution in [2.45, 2.75) is 32.6 Å². The molecule has 0 saturated carbocycles. The van der Waals surface area contributed by atoms with Gasteiger partial charge in [-0.1, -0.05) is 38.3 Å². The molecule has 1 fully saturated rings. The molecule has 0 spiro atoms. The van der Waals surface area contributed by atoms with Crippen molar-refractivity contribution in [3.8, 4) is 5.75 Å². The topological polar surface area (TPSA) is 67.9 Å². The van der Waals surface area contributed by atoms with Crippen LogP contribution < -0.4 is 10.1 Å². The molecule has 2 aromatic rings. The lowest BCUT2D eigenvalue weighted by atomic mass is 10.1. The van der Waals surface area contributed by atoms with Crippen LogP contribution in [0.4, 0.5) is 5.69 Å². The van der Waals surface area contributed by atoms with E-state index >= 15 is 0 Å². The number of morpholine rings is 1. The van der Waals surface area contributed by atoms with Gasteiger partial charge in [-0.05, 0) is 42.8 Å². The van der Waals surface area contributed by atoms with Crippen LogP contribution in [0, 0.1) is 0 Å². The fraction of sp³-hybridized carbons (Fsp3) is 0.417. The first-order valence-electron chi connectivity index (χ1n) is 10.7. The Balaban J connectivity index is 1.60. The van der Waals surface area contributed by atoms with Gasteiger partial charge in [-0.2, -0.15) is 0 Å². The van der Waals surface area contributed by atoms with E-state index in [1.165, 1.54) is 19.3 Å². The Morgan fingerprint density at radius 2 is 1.73 bits per heavy atom. The van der Waals surface area contributed by atoms with Crippen LogP contribution in [0.1, 0.15) is 53.3 Å². The van der Waals surface area contributed by atoms with Crippen LogP contribution in [0.3, 0.4) is 0 Å². The van der Waals surface area contributed by atoms with Crippen molar-refractivity contribution in [1.82, 2.24) is 4.90 Å². The van der Waals surface area contributed by atoms with Crippen molar-refractivity contribution in [3.63, 3.8) is 0 Å². The highest BCUT2D eigenvalue weighted by Crippen LogP contribution is 2.20. The molecule has 1 saturated heterocycles. The SMILES string of the molecule is CCCCCCOc1ccc(C(=O)Nc2ccccc2C(=O)N2CCOCC2)cc1. The average Bonchev–Trinajstić information content (AvgIpc) is 2.80. The van der Waals surface area contributed by atoms with E-state index in [1.807, 2.05) is 0 Å². The van der Waals surface area contributed by atoms with Gasteiger partial charge in [0.1, 0.15) is 5.75 Å². The molecule has 1 aliphatic heterocycles. The van der Waals surface area contributed by atoms with Crippen LogP contribution >= 0.6 is 0 Å². The molecule has 3 rings (SSSR count). The predicted octanol–water partition coefficient (Wildman–Crippen LogP) is 4.37. The van der Waals surface area contributed by atoms with Crippen molar-refractivity contribution in [2.24, 2.45) is 0 Å². The molecule has 0 unspecified atom stereocenters. The number of hydrogen-bond acceptors (Lipinski definition) is 4. The van der Waals surface area contributed by atoms with E-state index in [0.717, 1.165) is 12.2 Å². The number of nitrogens with zero attached hydrogens (tertiary/aromatic N) is 1. The van der Waals surface area contributed by atoms with Crippen molar-refractivity contribution in [2.75, 3.05) is 38.2 Å². The number of carbonyl (C=O) groups is 2. The number of hydrogen-bond donors (Lipinski definition) is 1. The monoisotopic (exact) mass is 410 g/mol. The lowest BCUT2D eigenvalue weighted by molar-refractivity contribution is 0.0303. The second kappa shape index (κ2) is 11.4. The van der Waals surface area contributed by atoms with Gasteiger partial charge in [0.2, 0.25) is 0 Å². The minimum atomic E-state index is -0.258. The summed E-state index contributed by atoms with van der Waals surface area (Å²) in [6, 6.07) is 14.2. The number of carbonyl (C=O) groups excluding carboxylic acids is 2. The van der Waals surface area contributed by atoms with Gasteiger partial charge in [0.25, 0.3) is 11.8 Å². The van der Waals surface area contributed by atoms with Crippen LogP contribution in [0.5, 0.6) is 5.75 Å². The molecule has 6 heteroatoms. The number of rotatable bonds is 9. The number of amides is 2. The second-order valence-corrected chi connectivity index (χ2v) is 7.34. The van der Waals surface area contributed by atoms with Crippen LogP contribution in [0.15, 0.2) is 48.5 Å². The third-order valence-corrected chi connectivity index (χ3v) is 5.09. The van der Waals surface area contributed by atoms with Gasteiger partial charge in [-0.3, -0.25) is 9.59 Å². The van der Waals surface area contributed by atoms with Crippen LogP contribution in [-0.4, -0.2) is 49.6 Å². The fourth-order valence-electron chi connectivity index (χ4n) is 3.33. The molecule has 30 heavy (non-hydrogen) atoms. The molecule has 0 atom stereocenters. The van der Waals surface area contributed by atoms with Crippen molar-refractivity contribution >= 4 is 17.5 Å². The molecular weight excluding hydrogens is 380 g/mol.